The van der Waals surface area contributed by atoms with E-state index in [9.17, 15) is 19.2 Å². The van der Waals surface area contributed by atoms with E-state index in [2.05, 4.69) is 54.9 Å². The quantitative estimate of drug-likeness (QED) is 0.107. The molecule has 10 nitrogen and oxygen atoms in total. The Morgan fingerprint density at radius 1 is 0.829 bits per heavy atom. The topological polar surface area (TPSA) is 137 Å². The number of carbonyl (C=O) groups is 3. The molecule has 0 aromatic rings. The fourth-order valence-corrected chi connectivity index (χ4v) is 6.71. The highest BCUT2D eigenvalue weighted by molar-refractivity contribution is 6.76. The van der Waals surface area contributed by atoms with Gasteiger partial charge in [-0.15, -0.1) is 0 Å². The summed E-state index contributed by atoms with van der Waals surface area (Å²) in [7, 11) is -1.89. The Balaban J connectivity index is 0. The van der Waals surface area contributed by atoms with Crippen molar-refractivity contribution in [2.75, 3.05) is 52.4 Å². The van der Waals surface area contributed by atoms with Crippen LogP contribution in [-0.4, -0.2) is 102 Å². The smallest absolute Gasteiger partial charge is 0.314 e. The molecule has 0 atom stereocenters. The average Bonchev–Trinajstić information content (AvgIpc) is 3.48. The van der Waals surface area contributed by atoms with Crippen LogP contribution in [0.4, 0.5) is 4.79 Å². The van der Waals surface area contributed by atoms with Gasteiger partial charge in [0.15, 0.2) is 0 Å². The summed E-state index contributed by atoms with van der Waals surface area (Å²) in [6.45, 7) is 20.1. The molecule has 240 valence electrons. The van der Waals surface area contributed by atoms with Crippen LogP contribution in [0.2, 0.25) is 51.4 Å². The minimum Gasteiger partial charge on any atom is -0.343 e. The van der Waals surface area contributed by atoms with Gasteiger partial charge in [-0.1, -0.05) is 58.8 Å². The maximum Gasteiger partial charge on any atom is 0.314 e. The molecule has 0 unspecified atom stereocenters. The highest BCUT2D eigenvalue weighted by Gasteiger charge is 2.19. The van der Waals surface area contributed by atoms with E-state index in [1.807, 2.05) is 9.80 Å². The van der Waals surface area contributed by atoms with Gasteiger partial charge in [0, 0.05) is 68.3 Å². The molecule has 4 amide bonds. The summed E-state index contributed by atoms with van der Waals surface area (Å²) in [5, 5.41) is 5.73. The van der Waals surface area contributed by atoms with Gasteiger partial charge in [-0.3, -0.25) is 9.59 Å². The van der Waals surface area contributed by atoms with Crippen molar-refractivity contribution in [1.82, 2.24) is 20.4 Å². The van der Waals surface area contributed by atoms with Crippen LogP contribution >= 0.6 is 0 Å². The van der Waals surface area contributed by atoms with Gasteiger partial charge < -0.3 is 26.2 Å². The third-order valence-corrected chi connectivity index (χ3v) is 10.2. The van der Waals surface area contributed by atoms with Crippen LogP contribution in [0, 0.1) is 0 Å². The van der Waals surface area contributed by atoms with Gasteiger partial charge in [0.2, 0.25) is 17.9 Å². The predicted molar refractivity (Wildman–Crippen MR) is 177 cm³/mol. The van der Waals surface area contributed by atoms with E-state index < -0.39 is 16.1 Å². The lowest BCUT2D eigenvalue weighted by atomic mass is 10.4. The number of carbonyl (C=O) groups excluding carboxylic acids is 4. The average molecular weight is 615 g/mol. The third kappa shape index (κ3) is 25.4. The Hall–Kier alpha value is -2.02. The van der Waals surface area contributed by atoms with Gasteiger partial charge in [-0.2, -0.15) is 0 Å². The SMILES string of the molecule is C.C[Si](C)(C)CCCN=C=O.C[Si](C)(C)CCCNC(=O)NCCCN1CCCC1=O.NCCCN1CCCC1=O. The Kier molecular flexibility index (Phi) is 23.6. The van der Waals surface area contributed by atoms with Crippen molar-refractivity contribution in [3.63, 3.8) is 0 Å². The number of nitrogens with two attached hydrogens (primary N) is 1. The number of amides is 4. The number of hydrogen-bond acceptors (Lipinski definition) is 6. The second kappa shape index (κ2) is 23.5. The minimum absolute atomic E-state index is 0. The number of hydrogen-bond donors (Lipinski definition) is 3. The number of aliphatic imine (C=N–C) groups is 1. The van der Waals surface area contributed by atoms with Gasteiger partial charge in [-0.25, -0.2) is 14.6 Å². The fourth-order valence-electron chi connectivity index (χ4n) is 4.25. The van der Waals surface area contributed by atoms with Crippen molar-refractivity contribution in [2.45, 2.75) is 110 Å². The van der Waals surface area contributed by atoms with Crippen molar-refractivity contribution in [3.8, 4) is 0 Å². The van der Waals surface area contributed by atoms with Crippen LogP contribution in [0.25, 0.3) is 0 Å². The van der Waals surface area contributed by atoms with Gasteiger partial charge in [0.05, 0.1) is 6.54 Å². The maximum atomic E-state index is 11.5. The zero-order valence-corrected chi connectivity index (χ0v) is 28.3. The fraction of sp³-hybridized carbons (Fsp3) is 0.862. The first-order chi connectivity index (χ1) is 18.8. The molecule has 2 rings (SSSR count). The number of nitrogens with zero attached hydrogens (tertiary/aromatic N) is 3. The molecule has 2 heterocycles. The molecular weight excluding hydrogens is 553 g/mol. The van der Waals surface area contributed by atoms with E-state index in [-0.39, 0.29) is 19.4 Å². The summed E-state index contributed by atoms with van der Waals surface area (Å²) in [4.78, 5) is 50.8. The largest absolute Gasteiger partial charge is 0.343 e. The first-order valence-electron chi connectivity index (χ1n) is 15.1. The number of rotatable bonds is 15. The number of likely N-dealkylation sites (tertiary alicyclic amines) is 2. The minimum atomic E-state index is -0.991. The molecule has 0 aromatic carbocycles. The molecule has 0 aromatic heterocycles. The lowest BCUT2D eigenvalue weighted by Crippen LogP contribution is -2.38. The Labute approximate surface area is 252 Å². The Bertz CT molecular complexity index is 780. The van der Waals surface area contributed by atoms with Crippen LogP contribution in [-0.2, 0) is 14.4 Å². The third-order valence-electron chi connectivity index (χ3n) is 6.52. The molecule has 2 saturated heterocycles. The van der Waals surface area contributed by atoms with Gasteiger partial charge >= 0.3 is 6.03 Å². The first kappa shape index (κ1) is 41.1. The normalized spacial score (nSPS) is 14.7. The molecule has 2 aliphatic heterocycles. The highest BCUT2D eigenvalue weighted by Crippen LogP contribution is 2.11. The molecule has 41 heavy (non-hydrogen) atoms. The van der Waals surface area contributed by atoms with E-state index in [4.69, 9.17) is 5.73 Å². The van der Waals surface area contributed by atoms with Crippen molar-refractivity contribution < 1.29 is 19.2 Å². The molecule has 0 aliphatic carbocycles. The molecule has 0 bridgehead atoms. The van der Waals surface area contributed by atoms with E-state index in [0.29, 0.717) is 32.0 Å². The summed E-state index contributed by atoms with van der Waals surface area (Å²) in [6.07, 6.45) is 8.85. The van der Waals surface area contributed by atoms with Crippen molar-refractivity contribution in [1.29, 1.82) is 0 Å². The van der Waals surface area contributed by atoms with Crippen LogP contribution in [0.3, 0.4) is 0 Å². The Morgan fingerprint density at radius 3 is 1.71 bits per heavy atom. The summed E-state index contributed by atoms with van der Waals surface area (Å²) in [5.74, 6) is 0.550. The molecule has 12 heteroatoms. The second-order valence-electron chi connectivity index (χ2n) is 12.9. The summed E-state index contributed by atoms with van der Waals surface area (Å²) < 4.78 is 0. The summed E-state index contributed by atoms with van der Waals surface area (Å²) >= 11 is 0. The predicted octanol–water partition coefficient (Wildman–Crippen LogP) is 4.67. The molecule has 2 fully saturated rings. The van der Waals surface area contributed by atoms with E-state index in [1.54, 1.807) is 6.08 Å². The van der Waals surface area contributed by atoms with E-state index >= 15 is 0 Å². The monoisotopic (exact) mass is 614 g/mol. The molecular formula is C29H62N6O4Si2. The standard InChI is InChI=1S/C14H29N3O2Si.C7H14N2O.C7H15NOSi.CH4/c1-20(2,3)12-6-9-16-14(19)15-8-5-11-17-10-4-7-13(17)18;8-4-2-6-9-5-1-3-7(9)10;1-10(2,3)6-4-5-8-7-9;/h4-12H2,1-3H3,(H2,15,16,19);1-6,8H2;4-6H2,1-3H3;1H4. The van der Waals surface area contributed by atoms with E-state index in [0.717, 1.165) is 77.7 Å². The second-order valence-corrected chi connectivity index (χ2v) is 24.2. The molecule has 0 saturated carbocycles. The van der Waals surface area contributed by atoms with Crippen molar-refractivity contribution in [2.24, 2.45) is 10.7 Å². The zero-order valence-electron chi connectivity index (χ0n) is 26.3. The van der Waals surface area contributed by atoms with Crippen molar-refractivity contribution in [3.05, 3.63) is 0 Å². The molecule has 0 spiro atoms. The van der Waals surface area contributed by atoms with E-state index in [1.165, 1.54) is 12.1 Å². The summed E-state index contributed by atoms with van der Waals surface area (Å²) in [5.41, 5.74) is 5.31. The summed E-state index contributed by atoms with van der Waals surface area (Å²) in [6, 6.07) is 2.40. The zero-order chi connectivity index (χ0) is 30.4. The molecule has 4 N–H and O–H groups in total. The van der Waals surface area contributed by atoms with Crippen LogP contribution in [0.1, 0.15) is 58.8 Å². The van der Waals surface area contributed by atoms with Crippen LogP contribution in [0.15, 0.2) is 4.99 Å². The lowest BCUT2D eigenvalue weighted by molar-refractivity contribution is -0.128. The lowest BCUT2D eigenvalue weighted by Gasteiger charge is -2.16. The van der Waals surface area contributed by atoms with Crippen LogP contribution < -0.4 is 16.4 Å². The number of nitrogens with one attached hydrogen (secondary N) is 2. The molecule has 0 radical (unpaired) electrons. The number of urea groups is 1. The first-order valence-corrected chi connectivity index (χ1v) is 22.5. The van der Waals surface area contributed by atoms with Gasteiger partial charge in [0.1, 0.15) is 0 Å². The van der Waals surface area contributed by atoms with Crippen molar-refractivity contribution >= 4 is 40.1 Å². The van der Waals surface area contributed by atoms with Gasteiger partial charge in [0.25, 0.3) is 0 Å². The Morgan fingerprint density at radius 2 is 1.29 bits per heavy atom. The highest BCUT2D eigenvalue weighted by atomic mass is 28.3. The van der Waals surface area contributed by atoms with Gasteiger partial charge in [-0.05, 0) is 45.1 Å². The van der Waals surface area contributed by atoms with Crippen LogP contribution in [0.5, 0.6) is 0 Å². The number of isocyanates is 1. The maximum absolute atomic E-state index is 11.5. The molecule has 2 aliphatic rings.